The first kappa shape index (κ1) is 17.9. The summed E-state index contributed by atoms with van der Waals surface area (Å²) in [7, 11) is 0. The minimum atomic E-state index is 0.0499. The number of nitrogens with one attached hydrogen (secondary N) is 2. The highest BCUT2D eigenvalue weighted by Crippen LogP contribution is 2.22. The minimum Gasteiger partial charge on any atom is -0.355 e. The Kier molecular flexibility index (Phi) is 5.75. The molecule has 3 rings (SSSR count). The van der Waals surface area contributed by atoms with Gasteiger partial charge in [-0.25, -0.2) is 9.97 Å². The van der Waals surface area contributed by atoms with E-state index in [-0.39, 0.29) is 5.91 Å². The van der Waals surface area contributed by atoms with Crippen molar-refractivity contribution in [2.75, 3.05) is 12.3 Å². The van der Waals surface area contributed by atoms with Gasteiger partial charge in [0.25, 0.3) is 0 Å². The Morgan fingerprint density at radius 2 is 2.12 bits per heavy atom. The van der Waals surface area contributed by atoms with Gasteiger partial charge in [0, 0.05) is 24.0 Å². The Morgan fingerprint density at radius 1 is 1.28 bits per heavy atom. The fraction of sp³-hybridized carbons (Fsp3) is 0.389. The Labute approximate surface area is 155 Å². The van der Waals surface area contributed by atoms with E-state index >= 15 is 0 Å². The van der Waals surface area contributed by atoms with Crippen LogP contribution in [0.25, 0.3) is 11.0 Å². The maximum absolute atomic E-state index is 11.9. The molecule has 1 aromatic carbocycles. The van der Waals surface area contributed by atoms with Gasteiger partial charge in [-0.1, -0.05) is 17.8 Å². The second-order valence-electron chi connectivity index (χ2n) is 6.08. The lowest BCUT2D eigenvalue weighted by molar-refractivity contribution is -0.118. The molecule has 7 heteroatoms. The van der Waals surface area contributed by atoms with Gasteiger partial charge in [0.2, 0.25) is 5.91 Å². The predicted molar refractivity (Wildman–Crippen MR) is 104 cm³/mol. The summed E-state index contributed by atoms with van der Waals surface area (Å²) in [5, 5.41) is 4.96. The van der Waals surface area contributed by atoms with Crippen molar-refractivity contribution < 1.29 is 4.79 Å². The third kappa shape index (κ3) is 4.61. The van der Waals surface area contributed by atoms with Crippen LogP contribution in [0.1, 0.15) is 29.1 Å². The monoisotopic (exact) mass is 374 g/mol. The number of nitrogens with zero attached hydrogens (tertiary/aromatic N) is 2. The minimum absolute atomic E-state index is 0.0499. The van der Waals surface area contributed by atoms with Crippen LogP contribution >= 0.6 is 23.1 Å². The molecule has 0 bridgehead atoms. The summed E-state index contributed by atoms with van der Waals surface area (Å²) in [6.45, 7) is 6.82. The largest absolute Gasteiger partial charge is 0.355 e. The summed E-state index contributed by atoms with van der Waals surface area (Å²) < 4.78 is 0.945. The number of aromatic amines is 1. The van der Waals surface area contributed by atoms with E-state index in [1.54, 1.807) is 11.3 Å². The number of fused-ring (bicyclic) bond motifs is 1. The van der Waals surface area contributed by atoms with Crippen LogP contribution in [0, 0.1) is 20.8 Å². The van der Waals surface area contributed by atoms with Crippen molar-refractivity contribution in [3.05, 3.63) is 40.2 Å². The standard InChI is InChI=1S/C18H22N4OS2/c1-11-6-7-14-17(13(11)3)22-15(21-14)5-4-8-19-16(23)10-25-18-20-12(2)9-24-18/h6-7,9H,4-5,8,10H2,1-3H3,(H,19,23)(H,21,22). The highest BCUT2D eigenvalue weighted by molar-refractivity contribution is 8.01. The number of carbonyl (C=O) groups is 1. The molecule has 3 aromatic rings. The van der Waals surface area contributed by atoms with Crippen molar-refractivity contribution >= 4 is 40.0 Å². The SMILES string of the molecule is Cc1csc(SCC(=O)NCCCc2nc3c(C)c(C)ccc3[nH]2)n1. The first-order chi connectivity index (χ1) is 12.0. The van der Waals surface area contributed by atoms with E-state index in [1.165, 1.54) is 22.9 Å². The number of rotatable bonds is 7. The highest BCUT2D eigenvalue weighted by Gasteiger charge is 2.08. The number of aromatic nitrogens is 3. The predicted octanol–water partition coefficient (Wildman–Crippen LogP) is 3.79. The Morgan fingerprint density at radius 3 is 2.88 bits per heavy atom. The van der Waals surface area contributed by atoms with Crippen LogP contribution < -0.4 is 5.32 Å². The van der Waals surface area contributed by atoms with Crippen molar-refractivity contribution in [1.82, 2.24) is 20.3 Å². The van der Waals surface area contributed by atoms with Gasteiger partial charge in [0.05, 0.1) is 16.8 Å². The van der Waals surface area contributed by atoms with Gasteiger partial charge < -0.3 is 10.3 Å². The number of thiazole rings is 1. The maximum atomic E-state index is 11.9. The Bertz CT molecular complexity index is 884. The van der Waals surface area contributed by atoms with Crippen molar-refractivity contribution in [2.24, 2.45) is 0 Å². The summed E-state index contributed by atoms with van der Waals surface area (Å²) in [6, 6.07) is 4.19. The van der Waals surface area contributed by atoms with E-state index in [1.807, 2.05) is 12.3 Å². The summed E-state index contributed by atoms with van der Waals surface area (Å²) in [4.78, 5) is 24.3. The fourth-order valence-corrected chi connectivity index (χ4v) is 4.22. The number of hydrogen-bond acceptors (Lipinski definition) is 5. The Balaban J connectivity index is 1.42. The highest BCUT2D eigenvalue weighted by atomic mass is 32.2. The average Bonchev–Trinajstić information content (AvgIpc) is 3.19. The van der Waals surface area contributed by atoms with Crippen LogP contribution in [0.15, 0.2) is 21.9 Å². The first-order valence-electron chi connectivity index (χ1n) is 8.29. The van der Waals surface area contributed by atoms with E-state index in [9.17, 15) is 4.79 Å². The zero-order valence-electron chi connectivity index (χ0n) is 14.7. The molecule has 2 N–H and O–H groups in total. The lowest BCUT2D eigenvalue weighted by Gasteiger charge is -2.03. The van der Waals surface area contributed by atoms with Gasteiger partial charge >= 0.3 is 0 Å². The fourth-order valence-electron chi connectivity index (χ4n) is 2.54. The van der Waals surface area contributed by atoms with Gasteiger partial charge in [-0.2, -0.15) is 0 Å². The van der Waals surface area contributed by atoms with Gasteiger partial charge in [-0.3, -0.25) is 4.79 Å². The van der Waals surface area contributed by atoms with Crippen LogP contribution in [-0.4, -0.2) is 33.2 Å². The van der Waals surface area contributed by atoms with Crippen molar-refractivity contribution in [3.8, 4) is 0 Å². The van der Waals surface area contributed by atoms with Crippen molar-refractivity contribution in [3.63, 3.8) is 0 Å². The second kappa shape index (κ2) is 8.01. The molecule has 0 saturated carbocycles. The third-order valence-corrected chi connectivity index (χ3v) is 6.20. The zero-order valence-corrected chi connectivity index (χ0v) is 16.3. The molecule has 132 valence electrons. The number of aryl methyl sites for hydroxylation is 4. The number of carbonyl (C=O) groups excluding carboxylic acids is 1. The summed E-state index contributed by atoms with van der Waals surface area (Å²) >= 11 is 3.07. The molecule has 0 aliphatic rings. The van der Waals surface area contributed by atoms with E-state index in [2.05, 4.69) is 46.2 Å². The number of imidazole rings is 1. The molecule has 5 nitrogen and oxygen atoms in total. The van der Waals surface area contributed by atoms with Gasteiger partial charge in [-0.05, 0) is 44.4 Å². The summed E-state index contributed by atoms with van der Waals surface area (Å²) in [5.74, 6) is 1.44. The number of H-pyrrole nitrogens is 1. The molecule has 0 aliphatic carbocycles. The quantitative estimate of drug-likeness (QED) is 0.488. The Hall–Kier alpha value is -1.86. The van der Waals surface area contributed by atoms with Crippen LogP contribution in [-0.2, 0) is 11.2 Å². The number of amides is 1. The molecule has 0 atom stereocenters. The maximum Gasteiger partial charge on any atom is 0.230 e. The molecule has 0 saturated heterocycles. The lowest BCUT2D eigenvalue weighted by atomic mass is 10.1. The first-order valence-corrected chi connectivity index (χ1v) is 10.2. The number of hydrogen-bond donors (Lipinski definition) is 2. The molecular weight excluding hydrogens is 352 g/mol. The van der Waals surface area contributed by atoms with Crippen LogP contribution in [0.3, 0.4) is 0 Å². The molecule has 0 aliphatic heterocycles. The molecule has 2 heterocycles. The smallest absolute Gasteiger partial charge is 0.230 e. The van der Waals surface area contributed by atoms with Gasteiger partial charge in [0.15, 0.2) is 4.34 Å². The molecule has 0 unspecified atom stereocenters. The molecule has 2 aromatic heterocycles. The van der Waals surface area contributed by atoms with Crippen LogP contribution in [0.2, 0.25) is 0 Å². The molecule has 0 spiro atoms. The molecule has 0 fully saturated rings. The molecule has 1 amide bonds. The van der Waals surface area contributed by atoms with Crippen LogP contribution in [0.5, 0.6) is 0 Å². The van der Waals surface area contributed by atoms with Gasteiger partial charge in [-0.15, -0.1) is 11.3 Å². The molecule has 25 heavy (non-hydrogen) atoms. The van der Waals surface area contributed by atoms with Crippen molar-refractivity contribution in [1.29, 1.82) is 0 Å². The normalized spacial score (nSPS) is 11.2. The third-order valence-electron chi connectivity index (χ3n) is 4.06. The molecular formula is C18H22N4OS2. The van der Waals surface area contributed by atoms with E-state index in [4.69, 9.17) is 0 Å². The number of benzene rings is 1. The average molecular weight is 375 g/mol. The zero-order chi connectivity index (χ0) is 17.8. The topological polar surface area (TPSA) is 70.7 Å². The summed E-state index contributed by atoms with van der Waals surface area (Å²) in [5.41, 5.74) is 5.61. The van der Waals surface area contributed by atoms with Crippen molar-refractivity contribution in [2.45, 2.75) is 38.0 Å². The van der Waals surface area contributed by atoms with E-state index < -0.39 is 0 Å². The number of thioether (sulfide) groups is 1. The summed E-state index contributed by atoms with van der Waals surface area (Å²) in [6.07, 6.45) is 1.69. The second-order valence-corrected chi connectivity index (χ2v) is 8.16. The lowest BCUT2D eigenvalue weighted by Crippen LogP contribution is -2.26. The van der Waals surface area contributed by atoms with E-state index in [0.717, 1.165) is 39.7 Å². The molecule has 0 radical (unpaired) electrons. The van der Waals surface area contributed by atoms with Crippen LogP contribution in [0.4, 0.5) is 0 Å². The van der Waals surface area contributed by atoms with E-state index in [0.29, 0.717) is 12.3 Å². The van der Waals surface area contributed by atoms with Gasteiger partial charge in [0.1, 0.15) is 5.82 Å².